The normalized spacial score (nSPS) is 17.6. The fraction of sp³-hybridized carbons (Fsp3) is 0.444. The second kappa shape index (κ2) is 6.33. The molecule has 1 aliphatic heterocycles. The van der Waals surface area contributed by atoms with Gasteiger partial charge in [0, 0.05) is 35.7 Å². The molecule has 1 N–H and O–H groups in total. The number of hydrogen-bond donors (Lipinski definition) is 1. The number of aryl methyl sites for hydroxylation is 2. The molecule has 2 heterocycles. The average molecular weight is 311 g/mol. The quantitative estimate of drug-likeness (QED) is 0.937. The highest BCUT2D eigenvalue weighted by atomic mass is 16.4. The SMILES string of the molecule is CCn1c(CC[C@@H]2CCCN2C(=O)O)cc2cc(C#N)ccc21. The van der Waals surface area contributed by atoms with E-state index in [1.54, 1.807) is 4.90 Å². The van der Waals surface area contributed by atoms with Crippen molar-refractivity contribution in [3.63, 3.8) is 0 Å². The molecule has 0 aliphatic carbocycles. The first-order valence-corrected chi connectivity index (χ1v) is 8.16. The van der Waals surface area contributed by atoms with Gasteiger partial charge in [0.25, 0.3) is 0 Å². The van der Waals surface area contributed by atoms with Crippen molar-refractivity contribution in [2.24, 2.45) is 0 Å². The number of hydrogen-bond acceptors (Lipinski definition) is 2. The lowest BCUT2D eigenvalue weighted by molar-refractivity contribution is 0.138. The van der Waals surface area contributed by atoms with Crippen LogP contribution in [0.2, 0.25) is 0 Å². The monoisotopic (exact) mass is 311 g/mol. The van der Waals surface area contributed by atoms with Gasteiger partial charge in [-0.05, 0) is 56.9 Å². The van der Waals surface area contributed by atoms with E-state index in [1.165, 1.54) is 5.69 Å². The van der Waals surface area contributed by atoms with Crippen LogP contribution in [0, 0.1) is 11.3 Å². The van der Waals surface area contributed by atoms with Crippen LogP contribution in [-0.4, -0.2) is 33.3 Å². The molecule has 1 atom stereocenters. The number of carboxylic acid groups (broad SMARTS) is 1. The van der Waals surface area contributed by atoms with E-state index in [9.17, 15) is 9.90 Å². The Hall–Kier alpha value is -2.48. The number of rotatable bonds is 4. The van der Waals surface area contributed by atoms with Crippen LogP contribution in [0.1, 0.15) is 37.4 Å². The fourth-order valence-corrected chi connectivity index (χ4v) is 3.68. The van der Waals surface area contributed by atoms with Crippen LogP contribution in [0.3, 0.4) is 0 Å². The molecule has 0 spiro atoms. The van der Waals surface area contributed by atoms with Gasteiger partial charge in [0.1, 0.15) is 0 Å². The highest BCUT2D eigenvalue weighted by Crippen LogP contribution is 2.26. The molecule has 23 heavy (non-hydrogen) atoms. The van der Waals surface area contributed by atoms with Gasteiger partial charge in [0.05, 0.1) is 11.6 Å². The number of aromatic nitrogens is 1. The Balaban J connectivity index is 1.82. The predicted molar refractivity (Wildman–Crippen MR) is 88.4 cm³/mol. The minimum atomic E-state index is -0.804. The molecular formula is C18H21N3O2. The predicted octanol–water partition coefficient (Wildman–Crippen LogP) is 3.61. The third-order valence-corrected chi connectivity index (χ3v) is 4.79. The van der Waals surface area contributed by atoms with Crippen LogP contribution in [0.15, 0.2) is 24.3 Å². The van der Waals surface area contributed by atoms with Crippen molar-refractivity contribution >= 4 is 17.0 Å². The van der Waals surface area contributed by atoms with Gasteiger partial charge in [-0.25, -0.2) is 4.79 Å². The summed E-state index contributed by atoms with van der Waals surface area (Å²) in [5.74, 6) is 0. The molecule has 1 amide bonds. The van der Waals surface area contributed by atoms with Crippen molar-refractivity contribution in [3.05, 3.63) is 35.5 Å². The number of likely N-dealkylation sites (tertiary alicyclic amines) is 1. The Morgan fingerprint density at radius 2 is 2.26 bits per heavy atom. The van der Waals surface area contributed by atoms with Gasteiger partial charge in [-0.3, -0.25) is 0 Å². The van der Waals surface area contributed by atoms with Gasteiger partial charge < -0.3 is 14.6 Å². The second-order valence-electron chi connectivity index (χ2n) is 6.08. The molecule has 1 aromatic heterocycles. The second-order valence-corrected chi connectivity index (χ2v) is 6.08. The Morgan fingerprint density at radius 3 is 2.96 bits per heavy atom. The lowest BCUT2D eigenvalue weighted by atomic mass is 10.1. The summed E-state index contributed by atoms with van der Waals surface area (Å²) < 4.78 is 2.26. The summed E-state index contributed by atoms with van der Waals surface area (Å²) in [6.45, 7) is 3.64. The van der Waals surface area contributed by atoms with Crippen molar-refractivity contribution < 1.29 is 9.90 Å². The van der Waals surface area contributed by atoms with Crippen LogP contribution < -0.4 is 0 Å². The first-order valence-electron chi connectivity index (χ1n) is 8.16. The molecule has 0 unspecified atom stereocenters. The number of fused-ring (bicyclic) bond motifs is 1. The van der Waals surface area contributed by atoms with E-state index < -0.39 is 6.09 Å². The molecule has 0 bridgehead atoms. The van der Waals surface area contributed by atoms with E-state index in [2.05, 4.69) is 23.6 Å². The van der Waals surface area contributed by atoms with Crippen molar-refractivity contribution in [1.82, 2.24) is 9.47 Å². The molecule has 1 aromatic carbocycles. The van der Waals surface area contributed by atoms with Gasteiger partial charge in [0.15, 0.2) is 0 Å². The number of amides is 1. The maximum absolute atomic E-state index is 11.2. The van der Waals surface area contributed by atoms with Gasteiger partial charge in [-0.1, -0.05) is 0 Å². The third-order valence-electron chi connectivity index (χ3n) is 4.79. The molecule has 1 saturated heterocycles. The standard InChI is InChI=1S/C18H21N3O2/c1-2-20-16(7-6-15-4-3-9-21(15)18(22)23)11-14-10-13(12-19)5-8-17(14)20/h5,8,10-11,15H,2-4,6-7,9H2,1H3,(H,22,23)/t15-/m0/s1. The number of carbonyl (C=O) groups is 1. The van der Waals surface area contributed by atoms with E-state index in [0.717, 1.165) is 43.1 Å². The maximum Gasteiger partial charge on any atom is 0.407 e. The fourth-order valence-electron chi connectivity index (χ4n) is 3.68. The molecule has 2 aromatic rings. The zero-order valence-corrected chi connectivity index (χ0v) is 13.3. The summed E-state index contributed by atoms with van der Waals surface area (Å²) in [5, 5.41) is 19.4. The molecule has 0 radical (unpaired) electrons. The van der Waals surface area contributed by atoms with Crippen molar-refractivity contribution in [3.8, 4) is 6.07 Å². The molecule has 0 saturated carbocycles. The Kier molecular flexibility index (Phi) is 4.24. The lowest BCUT2D eigenvalue weighted by Gasteiger charge is -2.21. The summed E-state index contributed by atoms with van der Waals surface area (Å²) in [7, 11) is 0. The third kappa shape index (κ3) is 2.89. The van der Waals surface area contributed by atoms with E-state index in [4.69, 9.17) is 5.26 Å². The van der Waals surface area contributed by atoms with Crippen LogP contribution in [-0.2, 0) is 13.0 Å². The number of nitriles is 1. The van der Waals surface area contributed by atoms with E-state index in [-0.39, 0.29) is 6.04 Å². The zero-order chi connectivity index (χ0) is 16.4. The van der Waals surface area contributed by atoms with Gasteiger partial charge in [-0.15, -0.1) is 0 Å². The minimum absolute atomic E-state index is 0.130. The Bertz CT molecular complexity index is 772. The average Bonchev–Trinajstić information content (AvgIpc) is 3.15. The van der Waals surface area contributed by atoms with Crippen molar-refractivity contribution in [1.29, 1.82) is 5.26 Å². The molecule has 120 valence electrons. The summed E-state index contributed by atoms with van der Waals surface area (Å²) in [6, 6.07) is 10.2. The molecule has 5 heteroatoms. The lowest BCUT2D eigenvalue weighted by Crippen LogP contribution is -2.34. The van der Waals surface area contributed by atoms with Gasteiger partial charge in [0.2, 0.25) is 0 Å². The highest BCUT2D eigenvalue weighted by molar-refractivity contribution is 5.82. The molecule has 5 nitrogen and oxygen atoms in total. The van der Waals surface area contributed by atoms with Crippen LogP contribution >= 0.6 is 0 Å². The van der Waals surface area contributed by atoms with Crippen molar-refractivity contribution in [2.45, 2.75) is 45.2 Å². The Morgan fingerprint density at radius 1 is 1.43 bits per heavy atom. The highest BCUT2D eigenvalue weighted by Gasteiger charge is 2.28. The summed E-state index contributed by atoms with van der Waals surface area (Å²) in [6.07, 6.45) is 2.82. The van der Waals surface area contributed by atoms with Crippen LogP contribution in [0.4, 0.5) is 4.79 Å². The Labute approximate surface area is 135 Å². The molecular weight excluding hydrogens is 290 g/mol. The van der Waals surface area contributed by atoms with Gasteiger partial charge in [-0.2, -0.15) is 5.26 Å². The number of benzene rings is 1. The summed E-state index contributed by atoms with van der Waals surface area (Å²) in [4.78, 5) is 12.8. The zero-order valence-electron chi connectivity index (χ0n) is 13.3. The maximum atomic E-state index is 11.2. The molecule has 3 rings (SSSR count). The summed E-state index contributed by atoms with van der Waals surface area (Å²) >= 11 is 0. The summed E-state index contributed by atoms with van der Waals surface area (Å²) in [5.41, 5.74) is 3.03. The van der Waals surface area contributed by atoms with E-state index in [1.807, 2.05) is 18.2 Å². The largest absolute Gasteiger partial charge is 0.465 e. The first-order chi connectivity index (χ1) is 11.1. The first kappa shape index (κ1) is 15.4. The van der Waals surface area contributed by atoms with E-state index >= 15 is 0 Å². The van der Waals surface area contributed by atoms with E-state index in [0.29, 0.717) is 12.1 Å². The molecule has 1 aliphatic rings. The van der Waals surface area contributed by atoms with Crippen LogP contribution in [0.25, 0.3) is 10.9 Å². The number of nitrogens with zero attached hydrogens (tertiary/aromatic N) is 3. The molecule has 1 fully saturated rings. The van der Waals surface area contributed by atoms with Gasteiger partial charge >= 0.3 is 6.09 Å². The van der Waals surface area contributed by atoms with Crippen LogP contribution in [0.5, 0.6) is 0 Å². The van der Waals surface area contributed by atoms with Crippen molar-refractivity contribution in [2.75, 3.05) is 6.54 Å². The smallest absolute Gasteiger partial charge is 0.407 e. The topological polar surface area (TPSA) is 69.3 Å². The minimum Gasteiger partial charge on any atom is -0.465 e.